The van der Waals surface area contributed by atoms with Crippen LogP contribution in [0.3, 0.4) is 0 Å². The van der Waals surface area contributed by atoms with Crippen molar-refractivity contribution in [3.63, 3.8) is 0 Å². The number of sulfonamides is 1. The third-order valence-corrected chi connectivity index (χ3v) is 4.59. The number of benzene rings is 2. The lowest BCUT2D eigenvalue weighted by atomic mass is 10.3. The van der Waals surface area contributed by atoms with Crippen molar-refractivity contribution in [2.75, 3.05) is 4.72 Å². The molecule has 5 nitrogen and oxygen atoms in total. The number of aromatic nitrogens is 1. The molecule has 0 bridgehead atoms. The second-order valence-corrected chi connectivity index (χ2v) is 6.13. The summed E-state index contributed by atoms with van der Waals surface area (Å²) in [6.45, 7) is 0. The Morgan fingerprint density at radius 2 is 1.95 bits per heavy atom. The van der Waals surface area contributed by atoms with Gasteiger partial charge >= 0.3 is 0 Å². The van der Waals surface area contributed by atoms with Gasteiger partial charge in [0.1, 0.15) is 10.4 Å². The number of anilines is 1. The SMILES string of the molecule is O=S(=O)(Nc1ccc2ocnc2c1)c1ccccc1Cl. The number of rotatable bonds is 3. The molecule has 102 valence electrons. The number of hydrogen-bond donors (Lipinski definition) is 1. The number of hydrogen-bond acceptors (Lipinski definition) is 4. The van der Waals surface area contributed by atoms with E-state index in [1.54, 1.807) is 30.3 Å². The van der Waals surface area contributed by atoms with Crippen molar-refractivity contribution in [3.8, 4) is 0 Å². The summed E-state index contributed by atoms with van der Waals surface area (Å²) in [5, 5.41) is 0.169. The minimum absolute atomic E-state index is 0.0296. The predicted octanol–water partition coefficient (Wildman–Crippen LogP) is 3.28. The van der Waals surface area contributed by atoms with Crippen molar-refractivity contribution >= 4 is 38.4 Å². The van der Waals surface area contributed by atoms with E-state index >= 15 is 0 Å². The topological polar surface area (TPSA) is 72.2 Å². The van der Waals surface area contributed by atoms with Gasteiger partial charge in [-0.25, -0.2) is 13.4 Å². The van der Waals surface area contributed by atoms with Crippen molar-refractivity contribution in [1.29, 1.82) is 0 Å². The predicted molar refractivity (Wildman–Crippen MR) is 76.3 cm³/mol. The van der Waals surface area contributed by atoms with Gasteiger partial charge in [0.25, 0.3) is 10.0 Å². The molecule has 0 radical (unpaired) electrons. The summed E-state index contributed by atoms with van der Waals surface area (Å²) in [6, 6.07) is 11.1. The van der Waals surface area contributed by atoms with Gasteiger partial charge in [-0.1, -0.05) is 23.7 Å². The molecular formula is C13H9ClN2O3S. The fraction of sp³-hybridized carbons (Fsp3) is 0. The van der Waals surface area contributed by atoms with Gasteiger partial charge in [-0.2, -0.15) is 0 Å². The van der Waals surface area contributed by atoms with E-state index in [0.717, 1.165) is 0 Å². The lowest BCUT2D eigenvalue weighted by molar-refractivity contribution is 0.600. The summed E-state index contributed by atoms with van der Waals surface area (Å²) < 4.78 is 32.1. The zero-order valence-corrected chi connectivity index (χ0v) is 11.6. The van der Waals surface area contributed by atoms with E-state index in [1.807, 2.05) is 0 Å². The summed E-state index contributed by atoms with van der Waals surface area (Å²) in [7, 11) is -3.74. The Morgan fingerprint density at radius 3 is 2.75 bits per heavy atom. The molecule has 0 saturated heterocycles. The maximum atomic E-state index is 12.3. The average Bonchev–Trinajstić information content (AvgIpc) is 2.86. The Hall–Kier alpha value is -2.05. The zero-order chi connectivity index (χ0) is 14.2. The lowest BCUT2D eigenvalue weighted by Gasteiger charge is -2.09. The van der Waals surface area contributed by atoms with Crippen LogP contribution in [0.4, 0.5) is 5.69 Å². The highest BCUT2D eigenvalue weighted by atomic mass is 35.5. The van der Waals surface area contributed by atoms with Crippen LogP contribution in [0.2, 0.25) is 5.02 Å². The molecule has 1 N–H and O–H groups in total. The lowest BCUT2D eigenvalue weighted by Crippen LogP contribution is -2.13. The highest BCUT2D eigenvalue weighted by Crippen LogP contribution is 2.24. The summed E-state index contributed by atoms with van der Waals surface area (Å²) in [5.74, 6) is 0. The van der Waals surface area contributed by atoms with Crippen molar-refractivity contribution in [2.24, 2.45) is 0 Å². The third kappa shape index (κ3) is 2.35. The Morgan fingerprint density at radius 1 is 1.15 bits per heavy atom. The largest absolute Gasteiger partial charge is 0.443 e. The number of nitrogens with zero attached hydrogens (tertiary/aromatic N) is 1. The zero-order valence-electron chi connectivity index (χ0n) is 10.1. The van der Waals surface area contributed by atoms with Crippen LogP contribution in [0.25, 0.3) is 11.1 Å². The summed E-state index contributed by atoms with van der Waals surface area (Å²) >= 11 is 5.91. The molecule has 0 saturated carbocycles. The second-order valence-electron chi connectivity index (χ2n) is 4.07. The molecule has 0 aliphatic heterocycles. The number of nitrogens with one attached hydrogen (secondary N) is 1. The molecule has 0 atom stereocenters. The quantitative estimate of drug-likeness (QED) is 0.806. The first-order valence-electron chi connectivity index (χ1n) is 5.67. The number of halogens is 1. The van der Waals surface area contributed by atoms with E-state index in [4.69, 9.17) is 16.0 Å². The molecule has 0 amide bonds. The van der Waals surface area contributed by atoms with E-state index in [2.05, 4.69) is 9.71 Å². The van der Waals surface area contributed by atoms with Crippen LogP contribution in [0.1, 0.15) is 0 Å². The van der Waals surface area contributed by atoms with Crippen molar-refractivity contribution in [3.05, 3.63) is 53.9 Å². The second kappa shape index (κ2) is 4.81. The highest BCUT2D eigenvalue weighted by Gasteiger charge is 2.17. The summed E-state index contributed by atoms with van der Waals surface area (Å²) in [5.41, 5.74) is 1.56. The average molecular weight is 309 g/mol. The smallest absolute Gasteiger partial charge is 0.263 e. The molecule has 2 aromatic carbocycles. The number of fused-ring (bicyclic) bond motifs is 1. The molecule has 20 heavy (non-hydrogen) atoms. The minimum Gasteiger partial charge on any atom is -0.443 e. The third-order valence-electron chi connectivity index (χ3n) is 2.71. The van der Waals surface area contributed by atoms with Crippen LogP contribution in [0, 0.1) is 0 Å². The van der Waals surface area contributed by atoms with Gasteiger partial charge < -0.3 is 4.42 Å². The Kier molecular flexibility index (Phi) is 3.11. The molecule has 1 heterocycles. The van der Waals surface area contributed by atoms with Crippen molar-refractivity contribution < 1.29 is 12.8 Å². The van der Waals surface area contributed by atoms with Gasteiger partial charge in [-0.3, -0.25) is 4.72 Å². The molecule has 7 heteroatoms. The fourth-order valence-electron chi connectivity index (χ4n) is 1.79. The molecular weight excluding hydrogens is 300 g/mol. The van der Waals surface area contributed by atoms with Gasteiger partial charge in [-0.05, 0) is 30.3 Å². The first kappa shape index (κ1) is 13.0. The van der Waals surface area contributed by atoms with E-state index in [1.165, 1.54) is 18.5 Å². The normalized spacial score (nSPS) is 11.7. The van der Waals surface area contributed by atoms with E-state index in [9.17, 15) is 8.42 Å². The first-order valence-corrected chi connectivity index (χ1v) is 7.53. The van der Waals surface area contributed by atoms with Gasteiger partial charge in [0.2, 0.25) is 0 Å². The van der Waals surface area contributed by atoms with E-state index in [0.29, 0.717) is 16.8 Å². The molecule has 0 aliphatic rings. The fourth-order valence-corrected chi connectivity index (χ4v) is 3.36. The first-order chi connectivity index (χ1) is 9.56. The Bertz CT molecular complexity index is 874. The van der Waals surface area contributed by atoms with Gasteiger partial charge in [0.15, 0.2) is 12.0 Å². The van der Waals surface area contributed by atoms with Crippen LogP contribution in [-0.2, 0) is 10.0 Å². The maximum Gasteiger partial charge on any atom is 0.263 e. The molecule has 1 aromatic heterocycles. The summed E-state index contributed by atoms with van der Waals surface area (Å²) in [4.78, 5) is 4.00. The van der Waals surface area contributed by atoms with Crippen LogP contribution < -0.4 is 4.72 Å². The van der Waals surface area contributed by atoms with Crippen LogP contribution in [0.5, 0.6) is 0 Å². The minimum atomic E-state index is -3.74. The molecule has 0 fully saturated rings. The number of oxazole rings is 1. The molecule has 0 unspecified atom stereocenters. The molecule has 3 rings (SSSR count). The standard InChI is InChI=1S/C13H9ClN2O3S/c14-10-3-1-2-4-13(10)20(17,18)16-9-5-6-12-11(7-9)15-8-19-12/h1-8,16H. The molecule has 0 spiro atoms. The van der Waals surface area contributed by atoms with E-state index in [-0.39, 0.29) is 9.92 Å². The van der Waals surface area contributed by atoms with Crippen molar-refractivity contribution in [2.45, 2.75) is 4.90 Å². The maximum absolute atomic E-state index is 12.3. The van der Waals surface area contributed by atoms with Gasteiger partial charge in [0, 0.05) is 0 Å². The van der Waals surface area contributed by atoms with Crippen LogP contribution in [-0.4, -0.2) is 13.4 Å². The van der Waals surface area contributed by atoms with Crippen LogP contribution >= 0.6 is 11.6 Å². The van der Waals surface area contributed by atoms with E-state index < -0.39 is 10.0 Å². The van der Waals surface area contributed by atoms with Gasteiger partial charge in [0.05, 0.1) is 10.7 Å². The van der Waals surface area contributed by atoms with Gasteiger partial charge in [-0.15, -0.1) is 0 Å². The Labute approximate surface area is 120 Å². The molecule has 0 aliphatic carbocycles. The van der Waals surface area contributed by atoms with Crippen molar-refractivity contribution in [1.82, 2.24) is 4.98 Å². The summed E-state index contributed by atoms with van der Waals surface area (Å²) in [6.07, 6.45) is 1.30. The highest BCUT2D eigenvalue weighted by molar-refractivity contribution is 7.92. The monoisotopic (exact) mass is 308 g/mol. The Balaban J connectivity index is 1.99. The molecule has 3 aromatic rings. The van der Waals surface area contributed by atoms with Crippen LogP contribution in [0.15, 0.2) is 58.2 Å².